The lowest BCUT2D eigenvalue weighted by atomic mass is 10.2. The van der Waals surface area contributed by atoms with Gasteiger partial charge in [0.05, 0.1) is 12.1 Å². The number of H-pyrrole nitrogens is 1. The third-order valence-corrected chi connectivity index (χ3v) is 3.80. The fraction of sp³-hybridized carbons (Fsp3) is 0.125. The summed E-state index contributed by atoms with van der Waals surface area (Å²) in [5.74, 6) is -1.82. The second-order valence-electron chi connectivity index (χ2n) is 5.50. The molecule has 0 atom stereocenters. The number of alkyl halides is 3. The Labute approximate surface area is 143 Å². The molecule has 0 saturated carbocycles. The molecule has 132 valence electrons. The highest BCUT2D eigenvalue weighted by Crippen LogP contribution is 2.30. The summed E-state index contributed by atoms with van der Waals surface area (Å²) in [5.41, 5.74) is 1.11. The van der Waals surface area contributed by atoms with Crippen molar-refractivity contribution in [2.45, 2.75) is 12.7 Å². The Balaban J connectivity index is 1.82. The van der Waals surface area contributed by atoms with Crippen LogP contribution in [0, 0.1) is 5.82 Å². The SMILES string of the molecule is Fc1ccccc1Cn1nc(-c2n[nH]c(C(F)(F)F)n2)c2cnccc21. The van der Waals surface area contributed by atoms with E-state index in [0.717, 1.165) is 0 Å². The predicted octanol–water partition coefficient (Wildman–Crippen LogP) is 3.42. The van der Waals surface area contributed by atoms with Crippen LogP contribution in [-0.4, -0.2) is 29.9 Å². The zero-order valence-electron chi connectivity index (χ0n) is 13.0. The van der Waals surface area contributed by atoms with Crippen LogP contribution in [0.3, 0.4) is 0 Å². The minimum atomic E-state index is -4.64. The molecule has 26 heavy (non-hydrogen) atoms. The fourth-order valence-corrected chi connectivity index (χ4v) is 2.59. The average molecular weight is 362 g/mol. The number of rotatable bonds is 3. The van der Waals surface area contributed by atoms with Crippen LogP contribution in [-0.2, 0) is 12.7 Å². The molecule has 1 N–H and O–H groups in total. The molecule has 0 spiro atoms. The van der Waals surface area contributed by atoms with Crippen molar-refractivity contribution in [3.8, 4) is 11.5 Å². The summed E-state index contributed by atoms with van der Waals surface area (Å²) in [6.07, 6.45) is -1.67. The number of pyridine rings is 1. The van der Waals surface area contributed by atoms with E-state index in [1.165, 1.54) is 23.1 Å². The van der Waals surface area contributed by atoms with Gasteiger partial charge in [-0.15, -0.1) is 0 Å². The molecule has 0 aliphatic rings. The molecule has 0 fully saturated rings. The van der Waals surface area contributed by atoms with Gasteiger partial charge in [0.1, 0.15) is 11.5 Å². The van der Waals surface area contributed by atoms with Crippen molar-refractivity contribution in [3.05, 3.63) is 59.9 Å². The minimum Gasteiger partial charge on any atom is -0.264 e. The van der Waals surface area contributed by atoms with Crippen molar-refractivity contribution >= 4 is 10.9 Å². The normalized spacial score (nSPS) is 12.0. The first-order valence-corrected chi connectivity index (χ1v) is 7.47. The zero-order valence-corrected chi connectivity index (χ0v) is 13.0. The Kier molecular flexibility index (Phi) is 3.67. The second-order valence-corrected chi connectivity index (χ2v) is 5.50. The van der Waals surface area contributed by atoms with Crippen LogP contribution in [0.1, 0.15) is 11.4 Å². The van der Waals surface area contributed by atoms with E-state index in [1.807, 2.05) is 5.10 Å². The van der Waals surface area contributed by atoms with Gasteiger partial charge >= 0.3 is 6.18 Å². The Bertz CT molecular complexity index is 1080. The standard InChI is InChI=1S/C16H10F4N6/c17-11-4-2-1-3-9(11)8-26-12-5-6-21-7-10(12)13(25-26)14-22-15(24-23-14)16(18,19)20/h1-7H,8H2,(H,22,23,24). The van der Waals surface area contributed by atoms with Gasteiger partial charge in [-0.05, 0) is 12.1 Å². The number of fused-ring (bicyclic) bond motifs is 1. The Morgan fingerprint density at radius 2 is 1.92 bits per heavy atom. The lowest BCUT2D eigenvalue weighted by Crippen LogP contribution is -2.07. The van der Waals surface area contributed by atoms with Gasteiger partial charge in [0, 0.05) is 23.3 Å². The van der Waals surface area contributed by atoms with E-state index >= 15 is 0 Å². The molecule has 0 unspecified atom stereocenters. The summed E-state index contributed by atoms with van der Waals surface area (Å²) in [6, 6.07) is 7.84. The van der Waals surface area contributed by atoms with Crippen molar-refractivity contribution in [1.29, 1.82) is 0 Å². The van der Waals surface area contributed by atoms with Gasteiger partial charge in [0.15, 0.2) is 0 Å². The van der Waals surface area contributed by atoms with Crippen molar-refractivity contribution in [2.24, 2.45) is 0 Å². The van der Waals surface area contributed by atoms with E-state index in [4.69, 9.17) is 0 Å². The quantitative estimate of drug-likeness (QED) is 0.567. The van der Waals surface area contributed by atoms with Crippen molar-refractivity contribution < 1.29 is 17.6 Å². The average Bonchev–Trinajstić information content (AvgIpc) is 3.22. The summed E-state index contributed by atoms with van der Waals surface area (Å²) >= 11 is 0. The van der Waals surface area contributed by atoms with Gasteiger partial charge in [-0.3, -0.25) is 14.8 Å². The fourth-order valence-electron chi connectivity index (χ4n) is 2.59. The van der Waals surface area contributed by atoms with E-state index in [2.05, 4.69) is 20.2 Å². The minimum absolute atomic E-state index is 0.101. The highest BCUT2D eigenvalue weighted by atomic mass is 19.4. The lowest BCUT2D eigenvalue weighted by molar-refractivity contribution is -0.144. The highest BCUT2D eigenvalue weighted by molar-refractivity contribution is 5.90. The second kappa shape index (κ2) is 5.90. The summed E-state index contributed by atoms with van der Waals surface area (Å²) < 4.78 is 53.7. The molecular weight excluding hydrogens is 352 g/mol. The van der Waals surface area contributed by atoms with Crippen LogP contribution >= 0.6 is 0 Å². The Morgan fingerprint density at radius 3 is 2.65 bits per heavy atom. The first-order valence-electron chi connectivity index (χ1n) is 7.47. The first-order chi connectivity index (χ1) is 12.4. The smallest absolute Gasteiger partial charge is 0.264 e. The van der Waals surface area contributed by atoms with Crippen LogP contribution in [0.4, 0.5) is 17.6 Å². The molecule has 0 bridgehead atoms. The van der Waals surface area contributed by atoms with Gasteiger partial charge in [-0.2, -0.15) is 23.4 Å². The molecule has 10 heteroatoms. The number of aromatic nitrogens is 6. The topological polar surface area (TPSA) is 72.3 Å². The largest absolute Gasteiger partial charge is 0.451 e. The highest BCUT2D eigenvalue weighted by Gasteiger charge is 2.35. The van der Waals surface area contributed by atoms with Crippen LogP contribution < -0.4 is 0 Å². The maximum atomic E-state index is 13.9. The molecule has 0 aliphatic heterocycles. The number of nitrogens with one attached hydrogen (secondary N) is 1. The number of hydrogen-bond donors (Lipinski definition) is 1. The van der Waals surface area contributed by atoms with Crippen molar-refractivity contribution in [3.63, 3.8) is 0 Å². The summed E-state index contributed by atoms with van der Waals surface area (Å²) in [7, 11) is 0. The lowest BCUT2D eigenvalue weighted by Gasteiger charge is -2.04. The molecule has 4 rings (SSSR count). The molecule has 6 nitrogen and oxygen atoms in total. The van der Waals surface area contributed by atoms with Gasteiger partial charge in [-0.1, -0.05) is 18.2 Å². The van der Waals surface area contributed by atoms with Gasteiger partial charge in [-0.25, -0.2) is 9.37 Å². The van der Waals surface area contributed by atoms with Crippen molar-refractivity contribution in [2.75, 3.05) is 0 Å². The maximum Gasteiger partial charge on any atom is 0.451 e. The van der Waals surface area contributed by atoms with E-state index in [1.54, 1.807) is 24.3 Å². The summed E-state index contributed by atoms with van der Waals surface area (Å²) in [5, 5.41) is 10.2. The Hall–Kier alpha value is -3.30. The van der Waals surface area contributed by atoms with Gasteiger partial charge < -0.3 is 0 Å². The number of halogens is 4. The van der Waals surface area contributed by atoms with Crippen LogP contribution in [0.5, 0.6) is 0 Å². The third kappa shape index (κ3) is 2.79. The molecule has 1 aromatic carbocycles. The van der Waals surface area contributed by atoms with E-state index in [0.29, 0.717) is 16.5 Å². The monoisotopic (exact) mass is 362 g/mol. The first kappa shape index (κ1) is 16.2. The van der Waals surface area contributed by atoms with Crippen LogP contribution in [0.2, 0.25) is 0 Å². The number of hydrogen-bond acceptors (Lipinski definition) is 4. The number of aromatic amines is 1. The molecule has 3 heterocycles. The van der Waals surface area contributed by atoms with Crippen molar-refractivity contribution in [1.82, 2.24) is 29.9 Å². The zero-order chi connectivity index (χ0) is 18.3. The summed E-state index contributed by atoms with van der Waals surface area (Å²) in [4.78, 5) is 7.45. The molecule has 0 aliphatic carbocycles. The molecule has 4 aromatic rings. The summed E-state index contributed by atoms with van der Waals surface area (Å²) in [6.45, 7) is 0.101. The molecule has 0 saturated heterocycles. The number of benzene rings is 1. The molecule has 3 aromatic heterocycles. The number of nitrogens with zero attached hydrogens (tertiary/aromatic N) is 5. The van der Waals surface area contributed by atoms with Crippen LogP contribution in [0.25, 0.3) is 22.4 Å². The van der Waals surface area contributed by atoms with E-state index in [-0.39, 0.29) is 18.1 Å². The van der Waals surface area contributed by atoms with E-state index in [9.17, 15) is 17.6 Å². The predicted molar refractivity (Wildman–Crippen MR) is 83.4 cm³/mol. The van der Waals surface area contributed by atoms with Gasteiger partial charge in [0.2, 0.25) is 11.6 Å². The maximum absolute atomic E-state index is 13.9. The van der Waals surface area contributed by atoms with E-state index < -0.39 is 17.8 Å². The molecular formula is C16H10F4N6. The Morgan fingerprint density at radius 1 is 1.12 bits per heavy atom. The van der Waals surface area contributed by atoms with Gasteiger partial charge in [0.25, 0.3) is 0 Å². The molecule has 0 radical (unpaired) electrons. The van der Waals surface area contributed by atoms with Crippen LogP contribution in [0.15, 0.2) is 42.7 Å². The molecule has 0 amide bonds. The third-order valence-electron chi connectivity index (χ3n) is 3.80.